The standard InChI is InChI=1S/C39H66N6O9/c1-14-17-25(16-3)30(35(50)44(12)13)42-28(46)22-40-34(49)32(47)27(20-24(6)15-2)41-33(48)31-26(21-39(10,11)53)18-19-45(31)36(51)29(23(4)5)43-37(52)54-38(7,8)9/h14,16-17,23-24,26-27,29-31,53H,15,18-22H2,1-13H3,(H,40,49)(H,41,48)(H,42,46)(H,43,52)/b17-14-,25-16+/t24?,26-,27?,29?,30?,31?/m1/s1. The summed E-state index contributed by atoms with van der Waals surface area (Å²) >= 11 is 0. The molecule has 1 rings (SSSR count). The minimum atomic E-state index is -1.30. The number of nitrogens with zero attached hydrogens (tertiary/aromatic N) is 2. The number of aliphatic hydroxyl groups is 1. The molecule has 0 aromatic carbocycles. The molecule has 0 bridgehead atoms. The summed E-state index contributed by atoms with van der Waals surface area (Å²) in [4.78, 5) is 96.4. The molecule has 6 amide bonds. The van der Waals surface area contributed by atoms with Gasteiger partial charge in [0.05, 0.1) is 18.2 Å². The number of ketones is 1. The largest absolute Gasteiger partial charge is 0.444 e. The van der Waals surface area contributed by atoms with Gasteiger partial charge in [-0.1, -0.05) is 52.3 Å². The third-order valence-electron chi connectivity index (χ3n) is 9.06. The summed E-state index contributed by atoms with van der Waals surface area (Å²) < 4.78 is 5.38. The number of hydrogen-bond acceptors (Lipinski definition) is 9. The summed E-state index contributed by atoms with van der Waals surface area (Å²) in [5.41, 5.74) is -1.48. The van der Waals surface area contributed by atoms with Crippen LogP contribution in [0.25, 0.3) is 0 Å². The van der Waals surface area contributed by atoms with Gasteiger partial charge in [-0.05, 0) is 91.1 Å². The SMILES string of the molecule is C/C=C\C(=C/C)C(NC(=O)CNC(=O)C(=O)C(CC(C)CC)NC(=O)C1[C@@H](CC(C)(C)O)CCN1C(=O)C(NC(=O)OC(C)(C)C)C(C)C)C(=O)N(C)C. The molecule has 15 heteroatoms. The molecule has 0 spiro atoms. The number of carbonyl (C=O) groups is 7. The van der Waals surface area contributed by atoms with Crippen LogP contribution in [0, 0.1) is 17.8 Å². The minimum Gasteiger partial charge on any atom is -0.444 e. The number of alkyl carbamates (subject to hydrolysis) is 1. The van der Waals surface area contributed by atoms with E-state index in [0.717, 1.165) is 0 Å². The Morgan fingerprint density at radius 1 is 0.963 bits per heavy atom. The Labute approximate surface area is 321 Å². The fraction of sp³-hybridized carbons (Fsp3) is 0.718. The Hall–Kier alpha value is -4.27. The molecule has 6 atom stereocenters. The highest BCUT2D eigenvalue weighted by Crippen LogP contribution is 2.33. The topological polar surface area (TPSA) is 204 Å². The number of allylic oxidation sites excluding steroid dienone is 2. The van der Waals surface area contributed by atoms with Gasteiger partial charge in [0.1, 0.15) is 23.7 Å². The van der Waals surface area contributed by atoms with Crippen molar-refractivity contribution < 1.29 is 43.4 Å². The van der Waals surface area contributed by atoms with Crippen molar-refractivity contribution in [2.45, 2.75) is 137 Å². The van der Waals surface area contributed by atoms with Gasteiger partial charge in [0, 0.05) is 20.6 Å². The average Bonchev–Trinajstić information content (AvgIpc) is 3.47. The molecule has 1 aliphatic heterocycles. The van der Waals surface area contributed by atoms with Gasteiger partial charge in [-0.15, -0.1) is 0 Å². The van der Waals surface area contributed by atoms with E-state index in [4.69, 9.17) is 4.74 Å². The van der Waals surface area contributed by atoms with Crippen molar-refractivity contribution in [2.75, 3.05) is 27.2 Å². The lowest BCUT2D eigenvalue weighted by Gasteiger charge is -2.34. The molecular weight excluding hydrogens is 696 g/mol. The summed E-state index contributed by atoms with van der Waals surface area (Å²) in [7, 11) is 3.10. The van der Waals surface area contributed by atoms with Gasteiger partial charge >= 0.3 is 6.09 Å². The fourth-order valence-electron chi connectivity index (χ4n) is 6.21. The predicted molar refractivity (Wildman–Crippen MR) is 206 cm³/mol. The first kappa shape index (κ1) is 47.8. The zero-order valence-corrected chi connectivity index (χ0v) is 34.6. The molecule has 1 saturated heterocycles. The van der Waals surface area contributed by atoms with Crippen LogP contribution >= 0.6 is 0 Å². The van der Waals surface area contributed by atoms with Crippen LogP contribution in [-0.4, -0.2) is 119 Å². The van der Waals surface area contributed by atoms with E-state index in [9.17, 15) is 38.7 Å². The molecule has 1 heterocycles. The summed E-state index contributed by atoms with van der Waals surface area (Å²) in [5.74, 6) is -5.40. The van der Waals surface area contributed by atoms with Crippen molar-refractivity contribution >= 4 is 41.4 Å². The van der Waals surface area contributed by atoms with Crippen LogP contribution < -0.4 is 21.3 Å². The second-order valence-electron chi connectivity index (χ2n) is 16.3. The number of ether oxygens (including phenoxy) is 1. The quantitative estimate of drug-likeness (QED) is 0.103. The van der Waals surface area contributed by atoms with Crippen molar-refractivity contribution in [3.8, 4) is 0 Å². The second kappa shape index (κ2) is 21.0. The highest BCUT2D eigenvalue weighted by molar-refractivity contribution is 6.38. The van der Waals surface area contributed by atoms with Crippen LogP contribution in [-0.2, 0) is 33.5 Å². The van der Waals surface area contributed by atoms with E-state index in [2.05, 4.69) is 21.3 Å². The third-order valence-corrected chi connectivity index (χ3v) is 9.06. The molecule has 0 saturated carbocycles. The predicted octanol–water partition coefficient (Wildman–Crippen LogP) is 2.62. The van der Waals surface area contributed by atoms with Crippen LogP contribution in [0.2, 0.25) is 0 Å². The van der Waals surface area contributed by atoms with Crippen molar-refractivity contribution in [1.82, 2.24) is 31.1 Å². The van der Waals surface area contributed by atoms with E-state index in [0.29, 0.717) is 18.4 Å². The summed E-state index contributed by atoms with van der Waals surface area (Å²) in [5, 5.41) is 21.0. The third kappa shape index (κ3) is 15.2. The van der Waals surface area contributed by atoms with Crippen LogP contribution in [0.3, 0.4) is 0 Å². The molecule has 306 valence electrons. The van der Waals surface area contributed by atoms with Crippen molar-refractivity contribution in [3.05, 3.63) is 23.8 Å². The minimum absolute atomic E-state index is 0.0970. The van der Waals surface area contributed by atoms with Gasteiger partial charge in [0.2, 0.25) is 29.4 Å². The summed E-state index contributed by atoms with van der Waals surface area (Å²) in [6.07, 6.45) is 5.55. The Bertz CT molecular complexity index is 1410. The highest BCUT2D eigenvalue weighted by atomic mass is 16.6. The van der Waals surface area contributed by atoms with E-state index >= 15 is 0 Å². The number of rotatable bonds is 18. The number of likely N-dealkylation sites (N-methyl/N-ethyl adjacent to an activating group) is 1. The van der Waals surface area contributed by atoms with E-state index in [1.165, 1.54) is 9.80 Å². The molecule has 5 unspecified atom stereocenters. The Balaban J connectivity index is 3.35. The number of hydrogen-bond donors (Lipinski definition) is 5. The van der Waals surface area contributed by atoms with Crippen LogP contribution in [0.5, 0.6) is 0 Å². The number of carbonyl (C=O) groups excluding carboxylic acids is 7. The first-order valence-corrected chi connectivity index (χ1v) is 18.8. The van der Waals surface area contributed by atoms with Gasteiger partial charge in [0.25, 0.3) is 5.91 Å². The van der Waals surface area contributed by atoms with Crippen LogP contribution in [0.1, 0.15) is 102 Å². The molecule has 54 heavy (non-hydrogen) atoms. The summed E-state index contributed by atoms with van der Waals surface area (Å²) in [6.45, 7) is 18.6. The smallest absolute Gasteiger partial charge is 0.408 e. The number of Topliss-reactive ketones (excluding diaryl/α,β-unsaturated/α-hetero) is 1. The first-order chi connectivity index (χ1) is 24.9. The molecular formula is C39H66N6O9. The monoisotopic (exact) mass is 762 g/mol. The molecule has 0 radical (unpaired) electrons. The maximum atomic E-state index is 14.2. The lowest BCUT2D eigenvalue weighted by molar-refractivity contribution is -0.144. The van der Waals surface area contributed by atoms with E-state index in [1.807, 2.05) is 13.8 Å². The lowest BCUT2D eigenvalue weighted by Crippen LogP contribution is -2.59. The van der Waals surface area contributed by atoms with Gasteiger partial charge in [0.15, 0.2) is 0 Å². The van der Waals surface area contributed by atoms with E-state index in [1.54, 1.807) is 94.6 Å². The van der Waals surface area contributed by atoms with Crippen molar-refractivity contribution in [3.63, 3.8) is 0 Å². The normalized spacial score (nSPS) is 18.7. The molecule has 5 N–H and O–H groups in total. The number of amides is 6. The maximum absolute atomic E-state index is 14.2. The molecule has 0 aliphatic carbocycles. The van der Waals surface area contributed by atoms with E-state index in [-0.39, 0.29) is 31.2 Å². The molecule has 0 aromatic rings. The van der Waals surface area contributed by atoms with Gasteiger partial charge < -0.3 is 40.9 Å². The summed E-state index contributed by atoms with van der Waals surface area (Å²) in [6, 6.07) is -4.50. The van der Waals surface area contributed by atoms with E-state index < -0.39 is 89.2 Å². The van der Waals surface area contributed by atoms with Crippen molar-refractivity contribution in [2.24, 2.45) is 17.8 Å². The van der Waals surface area contributed by atoms with Gasteiger partial charge in [-0.2, -0.15) is 0 Å². The Morgan fingerprint density at radius 2 is 1.57 bits per heavy atom. The molecule has 1 fully saturated rings. The fourth-order valence-corrected chi connectivity index (χ4v) is 6.21. The zero-order valence-electron chi connectivity index (χ0n) is 34.6. The second-order valence-corrected chi connectivity index (χ2v) is 16.3. The highest BCUT2D eigenvalue weighted by Gasteiger charge is 2.47. The average molecular weight is 763 g/mol. The first-order valence-electron chi connectivity index (χ1n) is 18.8. The Kier molecular flexibility index (Phi) is 18.6. The molecule has 1 aliphatic rings. The number of nitrogens with one attached hydrogen (secondary N) is 4. The lowest BCUT2D eigenvalue weighted by atomic mass is 9.87. The number of likely N-dealkylation sites (tertiary alicyclic amines) is 1. The van der Waals surface area contributed by atoms with Gasteiger partial charge in [-0.3, -0.25) is 28.8 Å². The van der Waals surface area contributed by atoms with Crippen LogP contribution in [0.4, 0.5) is 4.79 Å². The zero-order chi connectivity index (χ0) is 41.7. The maximum Gasteiger partial charge on any atom is 0.408 e. The Morgan fingerprint density at radius 3 is 2.06 bits per heavy atom. The molecule has 0 aromatic heterocycles. The van der Waals surface area contributed by atoms with Crippen LogP contribution in [0.15, 0.2) is 23.8 Å². The van der Waals surface area contributed by atoms with Crippen molar-refractivity contribution in [1.29, 1.82) is 0 Å². The van der Waals surface area contributed by atoms with Gasteiger partial charge in [-0.25, -0.2) is 4.79 Å². The molecule has 15 nitrogen and oxygen atoms in total.